The molecular formula is C18H14BrNO. The summed E-state index contributed by atoms with van der Waals surface area (Å²) in [6.45, 7) is 1.99. The molecule has 3 aromatic rings. The molecule has 0 radical (unpaired) electrons. The molecule has 3 heteroatoms. The number of ketones is 1. The van der Waals surface area contributed by atoms with E-state index in [4.69, 9.17) is 0 Å². The van der Waals surface area contributed by atoms with E-state index in [-0.39, 0.29) is 5.78 Å². The van der Waals surface area contributed by atoms with E-state index in [1.54, 1.807) is 6.20 Å². The lowest BCUT2D eigenvalue weighted by Crippen LogP contribution is -2.04. The van der Waals surface area contributed by atoms with Gasteiger partial charge >= 0.3 is 0 Å². The van der Waals surface area contributed by atoms with Crippen LogP contribution in [0.2, 0.25) is 0 Å². The summed E-state index contributed by atoms with van der Waals surface area (Å²) >= 11 is 3.46. The van der Waals surface area contributed by atoms with Gasteiger partial charge < -0.3 is 0 Å². The number of para-hydroxylation sites is 1. The molecule has 0 saturated heterocycles. The van der Waals surface area contributed by atoms with Crippen LogP contribution in [0, 0.1) is 6.92 Å². The number of Topliss-reactive ketones (excluding diaryl/α,β-unsaturated/α-hetero) is 1. The monoisotopic (exact) mass is 339 g/mol. The first kappa shape index (κ1) is 14.0. The Morgan fingerprint density at radius 2 is 1.95 bits per heavy atom. The second-order valence-corrected chi connectivity index (χ2v) is 5.91. The Kier molecular flexibility index (Phi) is 3.84. The van der Waals surface area contributed by atoms with Crippen LogP contribution in [0.4, 0.5) is 0 Å². The molecule has 0 fully saturated rings. The first-order chi connectivity index (χ1) is 10.1. The van der Waals surface area contributed by atoms with Gasteiger partial charge in [-0.15, -0.1) is 0 Å². The lowest BCUT2D eigenvalue weighted by Gasteiger charge is -2.07. The molecule has 3 rings (SSSR count). The number of nitrogens with zero attached hydrogens (tertiary/aromatic N) is 1. The van der Waals surface area contributed by atoms with Gasteiger partial charge in [0.15, 0.2) is 5.78 Å². The quantitative estimate of drug-likeness (QED) is 0.645. The Balaban J connectivity index is 1.94. The Hall–Kier alpha value is -2.00. The topological polar surface area (TPSA) is 30.0 Å². The molecule has 0 amide bonds. The predicted molar refractivity (Wildman–Crippen MR) is 88.7 cm³/mol. The van der Waals surface area contributed by atoms with Gasteiger partial charge in [0, 0.05) is 28.0 Å². The summed E-state index contributed by atoms with van der Waals surface area (Å²) in [5.41, 5.74) is 3.76. The number of carbonyl (C=O) groups excluding carboxylic acids is 1. The normalized spacial score (nSPS) is 10.8. The fraction of sp³-hybridized carbons (Fsp3) is 0.111. The van der Waals surface area contributed by atoms with Gasteiger partial charge in [0.2, 0.25) is 0 Å². The molecule has 1 aromatic heterocycles. The molecule has 2 aromatic carbocycles. The highest BCUT2D eigenvalue weighted by Gasteiger charge is 2.10. The number of halogens is 1. The predicted octanol–water partition coefficient (Wildman–Crippen LogP) is 4.73. The van der Waals surface area contributed by atoms with Crippen molar-refractivity contribution in [2.24, 2.45) is 0 Å². The summed E-state index contributed by atoms with van der Waals surface area (Å²) in [5.74, 6) is 0.127. The van der Waals surface area contributed by atoms with Crippen molar-refractivity contribution < 1.29 is 4.79 Å². The van der Waals surface area contributed by atoms with Gasteiger partial charge in [-0.2, -0.15) is 0 Å². The smallest absolute Gasteiger partial charge is 0.167 e. The van der Waals surface area contributed by atoms with E-state index in [1.807, 2.05) is 55.5 Å². The van der Waals surface area contributed by atoms with Crippen molar-refractivity contribution in [2.75, 3.05) is 0 Å². The minimum absolute atomic E-state index is 0.127. The van der Waals surface area contributed by atoms with Crippen molar-refractivity contribution in [1.82, 2.24) is 4.98 Å². The Bertz CT molecular complexity index is 821. The summed E-state index contributed by atoms with van der Waals surface area (Å²) in [7, 11) is 0. The lowest BCUT2D eigenvalue weighted by molar-refractivity contribution is 0.0993. The maximum Gasteiger partial charge on any atom is 0.167 e. The molecule has 104 valence electrons. The van der Waals surface area contributed by atoms with Crippen LogP contribution in [0.25, 0.3) is 10.9 Å². The third-order valence-corrected chi connectivity index (χ3v) is 4.46. The molecule has 0 bridgehead atoms. The maximum atomic E-state index is 12.5. The van der Waals surface area contributed by atoms with Crippen LogP contribution >= 0.6 is 15.9 Å². The first-order valence-corrected chi connectivity index (χ1v) is 7.56. The Morgan fingerprint density at radius 3 is 2.76 bits per heavy atom. The third kappa shape index (κ3) is 2.88. The highest BCUT2D eigenvalue weighted by atomic mass is 79.9. The highest BCUT2D eigenvalue weighted by Crippen LogP contribution is 2.21. The van der Waals surface area contributed by atoms with Crippen LogP contribution in [-0.4, -0.2) is 10.8 Å². The molecular weight excluding hydrogens is 326 g/mol. The molecule has 0 aliphatic carbocycles. The van der Waals surface area contributed by atoms with Crippen LogP contribution < -0.4 is 0 Å². The minimum Gasteiger partial charge on any atom is -0.294 e. The van der Waals surface area contributed by atoms with Crippen molar-refractivity contribution in [1.29, 1.82) is 0 Å². The number of aryl methyl sites for hydroxylation is 1. The van der Waals surface area contributed by atoms with Gasteiger partial charge in [-0.25, -0.2) is 0 Å². The first-order valence-electron chi connectivity index (χ1n) is 6.77. The number of aromatic nitrogens is 1. The SMILES string of the molecule is Cc1cc(C(=O)Cc2ccnc3ccccc23)ccc1Br. The Labute approximate surface area is 132 Å². The molecule has 0 spiro atoms. The number of pyridine rings is 1. The van der Waals surface area contributed by atoms with Crippen molar-refractivity contribution in [3.05, 3.63) is 75.9 Å². The Morgan fingerprint density at radius 1 is 1.14 bits per heavy atom. The van der Waals surface area contributed by atoms with Gasteiger partial charge in [-0.3, -0.25) is 9.78 Å². The molecule has 0 aliphatic rings. The number of rotatable bonds is 3. The summed E-state index contributed by atoms with van der Waals surface area (Å²) in [6.07, 6.45) is 2.15. The van der Waals surface area contributed by atoms with E-state index in [2.05, 4.69) is 20.9 Å². The molecule has 0 unspecified atom stereocenters. The summed E-state index contributed by atoms with van der Waals surface area (Å²) in [6, 6.07) is 15.5. The van der Waals surface area contributed by atoms with Gasteiger partial charge in [-0.1, -0.05) is 40.2 Å². The van der Waals surface area contributed by atoms with Crippen molar-refractivity contribution >= 4 is 32.6 Å². The van der Waals surface area contributed by atoms with E-state index in [0.717, 1.165) is 32.1 Å². The van der Waals surface area contributed by atoms with E-state index in [1.165, 1.54) is 0 Å². The lowest BCUT2D eigenvalue weighted by atomic mass is 9.99. The van der Waals surface area contributed by atoms with E-state index < -0.39 is 0 Å². The molecule has 2 nitrogen and oxygen atoms in total. The fourth-order valence-electron chi connectivity index (χ4n) is 2.40. The molecule has 0 aliphatic heterocycles. The molecule has 0 N–H and O–H groups in total. The zero-order valence-corrected chi connectivity index (χ0v) is 13.2. The van der Waals surface area contributed by atoms with Crippen LogP contribution in [0.1, 0.15) is 21.5 Å². The average Bonchev–Trinajstić information content (AvgIpc) is 2.50. The number of carbonyl (C=O) groups is 1. The van der Waals surface area contributed by atoms with Crippen molar-refractivity contribution in [2.45, 2.75) is 13.3 Å². The second kappa shape index (κ2) is 5.78. The second-order valence-electron chi connectivity index (χ2n) is 5.05. The fourth-order valence-corrected chi connectivity index (χ4v) is 2.65. The van der Waals surface area contributed by atoms with Crippen molar-refractivity contribution in [3.63, 3.8) is 0 Å². The standard InChI is InChI=1S/C18H14BrNO/c1-12-10-14(6-7-16(12)19)18(21)11-13-8-9-20-17-5-3-2-4-15(13)17/h2-10H,11H2,1H3. The maximum absolute atomic E-state index is 12.5. The van der Waals surface area contributed by atoms with E-state index in [0.29, 0.717) is 6.42 Å². The molecule has 0 saturated carbocycles. The third-order valence-electron chi connectivity index (χ3n) is 3.57. The van der Waals surface area contributed by atoms with Crippen LogP contribution in [0.5, 0.6) is 0 Å². The van der Waals surface area contributed by atoms with Gasteiger partial charge in [0.05, 0.1) is 5.52 Å². The number of benzene rings is 2. The van der Waals surface area contributed by atoms with Gasteiger partial charge in [0.1, 0.15) is 0 Å². The zero-order chi connectivity index (χ0) is 14.8. The number of hydrogen-bond donors (Lipinski definition) is 0. The average molecular weight is 340 g/mol. The summed E-state index contributed by atoms with van der Waals surface area (Å²) in [5, 5.41) is 1.04. The van der Waals surface area contributed by atoms with Crippen LogP contribution in [0.15, 0.2) is 59.2 Å². The van der Waals surface area contributed by atoms with Gasteiger partial charge in [0.25, 0.3) is 0 Å². The van der Waals surface area contributed by atoms with Crippen LogP contribution in [-0.2, 0) is 6.42 Å². The van der Waals surface area contributed by atoms with Gasteiger partial charge in [-0.05, 0) is 42.3 Å². The van der Waals surface area contributed by atoms with E-state index >= 15 is 0 Å². The molecule has 1 heterocycles. The largest absolute Gasteiger partial charge is 0.294 e. The number of hydrogen-bond acceptors (Lipinski definition) is 2. The summed E-state index contributed by atoms with van der Waals surface area (Å²) < 4.78 is 1.02. The molecule has 21 heavy (non-hydrogen) atoms. The number of fused-ring (bicyclic) bond motifs is 1. The van der Waals surface area contributed by atoms with Crippen molar-refractivity contribution in [3.8, 4) is 0 Å². The summed E-state index contributed by atoms with van der Waals surface area (Å²) in [4.78, 5) is 16.8. The minimum atomic E-state index is 0.127. The highest BCUT2D eigenvalue weighted by molar-refractivity contribution is 9.10. The van der Waals surface area contributed by atoms with Crippen LogP contribution in [0.3, 0.4) is 0 Å². The molecule has 0 atom stereocenters. The van der Waals surface area contributed by atoms with E-state index in [9.17, 15) is 4.79 Å². The zero-order valence-electron chi connectivity index (χ0n) is 11.6.